The molecule has 0 unspecified atom stereocenters. The Morgan fingerprint density at radius 2 is 0.817 bits per heavy atom. The zero-order chi connectivity index (χ0) is 52.9. The van der Waals surface area contributed by atoms with Gasteiger partial charge in [0.2, 0.25) is 0 Å². The third-order valence-electron chi connectivity index (χ3n) is 10.5. The quantitative estimate of drug-likeness (QED) is 0.0703. The third-order valence-corrected chi connectivity index (χ3v) is 10.5. The first-order valence-corrected chi connectivity index (χ1v) is 22.9. The zero-order valence-corrected chi connectivity index (χ0v) is 41.5. The van der Waals surface area contributed by atoms with Crippen LogP contribution in [0, 0.1) is 0 Å². The van der Waals surface area contributed by atoms with Gasteiger partial charge in [-0.15, -0.1) is 0 Å². The molecule has 0 aliphatic carbocycles. The van der Waals surface area contributed by atoms with Crippen molar-refractivity contribution in [2.24, 2.45) is 0 Å². The van der Waals surface area contributed by atoms with Gasteiger partial charge in [-0.1, -0.05) is 25.7 Å². The van der Waals surface area contributed by atoms with E-state index in [1.54, 1.807) is 0 Å². The minimum absolute atomic E-state index is 0.00105. The Morgan fingerprint density at radius 3 is 1.31 bits per heavy atom. The van der Waals surface area contributed by atoms with Gasteiger partial charge in [-0.3, -0.25) is 47.9 Å². The number of carbonyl (C=O) groups excluding carboxylic acids is 10. The van der Waals surface area contributed by atoms with E-state index in [0.717, 1.165) is 81.6 Å². The Morgan fingerprint density at radius 1 is 0.408 bits per heavy atom. The molecular weight excluding hydrogens is 956 g/mol. The molecule has 71 heavy (non-hydrogen) atoms. The molecule has 3 saturated heterocycles. The van der Waals surface area contributed by atoms with E-state index in [1.807, 2.05) is 0 Å². The topological polar surface area (TPSA) is 318 Å². The van der Waals surface area contributed by atoms with E-state index in [0.29, 0.717) is 25.7 Å². The smallest absolute Gasteiger partial charge is 0.305 e. The van der Waals surface area contributed by atoms with Crippen LogP contribution in [0.25, 0.3) is 0 Å². The maximum absolute atomic E-state index is 13.0. The van der Waals surface area contributed by atoms with Crippen LogP contribution in [0.2, 0.25) is 0 Å². The molecule has 0 bridgehead atoms. The second-order valence-electron chi connectivity index (χ2n) is 16.5. The number of hydrogen-bond acceptors (Lipinski definition) is 26. The summed E-state index contributed by atoms with van der Waals surface area (Å²) in [6.07, 6.45) is -19.3. The van der Waals surface area contributed by atoms with Gasteiger partial charge in [-0.25, -0.2) is 0 Å². The minimum Gasteiger partial charge on any atom is -0.469 e. The second-order valence-corrected chi connectivity index (χ2v) is 16.5. The number of esters is 10. The fourth-order valence-corrected chi connectivity index (χ4v) is 7.79. The highest BCUT2D eigenvalue weighted by molar-refractivity contribution is 5.70. The van der Waals surface area contributed by atoms with Crippen molar-refractivity contribution in [1.29, 1.82) is 0 Å². The highest BCUT2D eigenvalue weighted by Gasteiger charge is 2.59. The van der Waals surface area contributed by atoms with Crippen molar-refractivity contribution in [3.8, 4) is 0 Å². The first kappa shape index (κ1) is 59.8. The van der Waals surface area contributed by atoms with Crippen LogP contribution in [0.15, 0.2) is 0 Å². The zero-order valence-electron chi connectivity index (χ0n) is 41.5. The molecule has 0 aromatic heterocycles. The lowest BCUT2D eigenvalue weighted by Crippen LogP contribution is -2.68. The first-order valence-electron chi connectivity index (χ1n) is 22.9. The van der Waals surface area contributed by atoms with Crippen molar-refractivity contribution in [3.63, 3.8) is 0 Å². The number of methoxy groups -OCH3 is 1. The molecule has 0 spiro atoms. The average Bonchev–Trinajstić information content (AvgIpc) is 3.25. The summed E-state index contributed by atoms with van der Waals surface area (Å²) < 4.78 is 92.2. The number of unbranched alkanes of at least 4 members (excludes halogenated alkanes) is 5. The molecule has 3 aliphatic heterocycles. The Labute approximate surface area is 409 Å². The van der Waals surface area contributed by atoms with Crippen LogP contribution in [0.5, 0.6) is 0 Å². The summed E-state index contributed by atoms with van der Waals surface area (Å²) >= 11 is 0. The van der Waals surface area contributed by atoms with Crippen molar-refractivity contribution in [2.45, 2.75) is 193 Å². The van der Waals surface area contributed by atoms with E-state index in [2.05, 4.69) is 4.74 Å². The highest BCUT2D eigenvalue weighted by atomic mass is 16.8. The summed E-state index contributed by atoms with van der Waals surface area (Å²) in [6.45, 7) is 7.53. The monoisotopic (exact) mass is 1020 g/mol. The van der Waals surface area contributed by atoms with E-state index in [9.17, 15) is 47.9 Å². The summed E-state index contributed by atoms with van der Waals surface area (Å²) in [5.41, 5.74) is 0. The van der Waals surface area contributed by atoms with Gasteiger partial charge in [0, 0.05) is 75.3 Å². The lowest BCUT2D eigenvalue weighted by molar-refractivity contribution is -0.384. The Bertz CT molecular complexity index is 1840. The van der Waals surface area contributed by atoms with Crippen molar-refractivity contribution in [2.75, 3.05) is 33.5 Å². The fourth-order valence-electron chi connectivity index (χ4n) is 7.79. The van der Waals surface area contributed by atoms with Gasteiger partial charge in [0.25, 0.3) is 0 Å². The molecule has 3 fully saturated rings. The van der Waals surface area contributed by atoms with Gasteiger partial charge >= 0.3 is 59.7 Å². The fraction of sp³-hybridized carbons (Fsp3) is 0.778. The third kappa shape index (κ3) is 20.2. The molecule has 0 radical (unpaired) electrons. The molecule has 3 rings (SSSR count). The molecule has 402 valence electrons. The normalized spacial score (nSPS) is 29.2. The average molecular weight is 1020 g/mol. The van der Waals surface area contributed by atoms with Gasteiger partial charge < -0.3 is 75.8 Å². The summed E-state index contributed by atoms with van der Waals surface area (Å²) in [4.78, 5) is 125. The molecule has 0 saturated carbocycles. The van der Waals surface area contributed by atoms with Gasteiger partial charge in [-0.2, -0.15) is 0 Å². The lowest BCUT2D eigenvalue weighted by atomic mass is 9.95. The summed E-state index contributed by atoms with van der Waals surface area (Å²) in [6, 6.07) is 0. The molecule has 0 aromatic carbocycles. The molecular formula is C45H66O26. The van der Waals surface area contributed by atoms with Gasteiger partial charge in [0.05, 0.1) is 13.7 Å². The SMILES string of the molecule is COC(=O)CCCCCCCCO[C@H]1O[C@H](COC(C)=O)[C@@H](OC(C)=O)[C@H](O[C@@H]2O[C@H](COC(C)=O)[C@@H](OC(C)=O)[C@H](OC(C)=O)[C@H]2O[C@@H]2OC[C@@H](OC(C)=O)[C@H](OC(C)=O)[C@H]2OC(C)=O)[C@H]1OC(C)=O. The van der Waals surface area contributed by atoms with Gasteiger partial charge in [0.1, 0.15) is 31.5 Å². The molecule has 0 amide bonds. The highest BCUT2D eigenvalue weighted by Crippen LogP contribution is 2.38. The van der Waals surface area contributed by atoms with Crippen LogP contribution in [0.3, 0.4) is 0 Å². The summed E-state index contributed by atoms with van der Waals surface area (Å²) in [5, 5.41) is 0. The van der Waals surface area contributed by atoms with E-state index in [4.69, 9.17) is 71.1 Å². The first-order chi connectivity index (χ1) is 33.5. The predicted octanol–water partition coefficient (Wildman–Crippen LogP) is 1.13. The molecule has 0 aromatic rings. The maximum atomic E-state index is 13.0. The molecule has 26 heteroatoms. The van der Waals surface area contributed by atoms with E-state index in [1.165, 1.54) is 7.11 Å². The van der Waals surface area contributed by atoms with Gasteiger partial charge in [-0.05, 0) is 12.8 Å². The van der Waals surface area contributed by atoms with Crippen LogP contribution < -0.4 is 0 Å². The second kappa shape index (κ2) is 29.7. The summed E-state index contributed by atoms with van der Waals surface area (Å²) in [5.74, 6) is -8.39. The molecule has 26 nitrogen and oxygen atoms in total. The van der Waals surface area contributed by atoms with E-state index >= 15 is 0 Å². The molecule has 0 N–H and O–H groups in total. The van der Waals surface area contributed by atoms with Crippen LogP contribution in [0.1, 0.15) is 107 Å². The standard InChI is InChI=1S/C45H66O26/c1-22(46)58-19-32-36(63-26(5)50)39(41(67-30(9)54)43(68-32)57-18-16-14-12-11-13-15-17-34(55)56-10)70-45-42(38(65-28(7)52)35(62-25(4)49)33(69-45)20-59-23(2)47)71-44-40(66-29(8)53)37(64-27(6)51)31(21-60-44)61-24(3)48/h31-33,35-45H,11-21H2,1-10H3/t31-,32-,33-,35-,36-,37+,38+,39+,40-,41-,42-,43+,44+,45+/m1/s1. The molecule has 3 heterocycles. The maximum Gasteiger partial charge on any atom is 0.305 e. The van der Waals surface area contributed by atoms with Crippen LogP contribution in [-0.2, 0) is 124 Å². The Balaban J connectivity index is 2.22. The van der Waals surface area contributed by atoms with Gasteiger partial charge in [0.15, 0.2) is 67.7 Å². The van der Waals surface area contributed by atoms with Crippen LogP contribution in [0.4, 0.5) is 0 Å². The van der Waals surface area contributed by atoms with E-state index < -0.39 is 160 Å². The largest absolute Gasteiger partial charge is 0.469 e. The Kier molecular flexibility index (Phi) is 25.0. The molecule has 3 aliphatic rings. The van der Waals surface area contributed by atoms with Crippen molar-refractivity contribution >= 4 is 59.7 Å². The number of rotatable bonds is 25. The van der Waals surface area contributed by atoms with Crippen LogP contribution in [-0.4, -0.2) is 179 Å². The van der Waals surface area contributed by atoms with Crippen molar-refractivity contribution < 1.29 is 124 Å². The van der Waals surface area contributed by atoms with Crippen molar-refractivity contribution in [3.05, 3.63) is 0 Å². The Hall–Kier alpha value is -5.54. The predicted molar refractivity (Wildman–Crippen MR) is 229 cm³/mol. The number of hydrogen-bond donors (Lipinski definition) is 0. The molecule has 14 atom stereocenters. The van der Waals surface area contributed by atoms with E-state index in [-0.39, 0.29) is 12.6 Å². The van der Waals surface area contributed by atoms with Crippen molar-refractivity contribution in [1.82, 2.24) is 0 Å². The van der Waals surface area contributed by atoms with Crippen LogP contribution >= 0.6 is 0 Å². The number of carbonyl (C=O) groups is 10. The number of ether oxygens (including phenoxy) is 16. The minimum atomic E-state index is -2.01. The lowest BCUT2D eigenvalue weighted by Gasteiger charge is -2.50. The summed E-state index contributed by atoms with van der Waals surface area (Å²) in [7, 11) is 1.32.